The molecule has 0 bridgehead atoms. The third kappa shape index (κ3) is 2.61. The second-order valence-corrected chi connectivity index (χ2v) is 8.26. The van der Waals surface area contributed by atoms with Gasteiger partial charge >= 0.3 is 5.95 Å². The highest BCUT2D eigenvalue weighted by molar-refractivity contribution is 14.1. The van der Waals surface area contributed by atoms with E-state index in [4.69, 9.17) is 10.7 Å². The van der Waals surface area contributed by atoms with E-state index in [-0.39, 0.29) is 6.17 Å². The monoisotopic (exact) mass is 483 g/mol. The molecule has 0 aliphatic carbocycles. The smallest absolute Gasteiger partial charge is 0.357 e. The normalized spacial score (nSPS) is 16.0. The van der Waals surface area contributed by atoms with Gasteiger partial charge in [0.15, 0.2) is 0 Å². The van der Waals surface area contributed by atoms with Crippen LogP contribution in [0, 0.1) is 17.4 Å². The lowest BCUT2D eigenvalue weighted by Crippen LogP contribution is -2.48. The highest BCUT2D eigenvalue weighted by Gasteiger charge is 2.33. The summed E-state index contributed by atoms with van der Waals surface area (Å²) in [5.74, 6) is 1.26. The van der Waals surface area contributed by atoms with Crippen LogP contribution in [0.5, 0.6) is 0 Å². The minimum absolute atomic E-state index is 0.226. The maximum atomic E-state index is 6.12. The Morgan fingerprint density at radius 3 is 2.64 bits per heavy atom. The second kappa shape index (κ2) is 6.37. The van der Waals surface area contributed by atoms with Gasteiger partial charge in [0.05, 0.1) is 0 Å². The Kier molecular flexibility index (Phi) is 3.94. The number of hydrogen-bond donors (Lipinski definition) is 3. The molecule has 0 spiro atoms. The number of aryl methyl sites for hydroxylation is 1. The summed E-state index contributed by atoms with van der Waals surface area (Å²) in [6.07, 6.45) is -0.226. The number of aromatic nitrogens is 3. The van der Waals surface area contributed by atoms with Crippen LogP contribution in [0.3, 0.4) is 0 Å². The molecule has 0 saturated heterocycles. The number of aromatic amines is 1. The van der Waals surface area contributed by atoms with Gasteiger partial charge < -0.3 is 10.3 Å². The Bertz CT molecular complexity index is 1230. The van der Waals surface area contributed by atoms with E-state index < -0.39 is 0 Å². The first-order valence-electron chi connectivity index (χ1n) is 9.10. The van der Waals surface area contributed by atoms with Gasteiger partial charge in [-0.25, -0.2) is 14.9 Å². The van der Waals surface area contributed by atoms with Gasteiger partial charge in [0.25, 0.3) is 5.96 Å². The number of guanidine groups is 1. The molecule has 0 unspecified atom stereocenters. The van der Waals surface area contributed by atoms with Crippen molar-refractivity contribution in [1.82, 2.24) is 9.55 Å². The fraction of sp³-hybridized carbons (Fsp3) is 0.143. The molecule has 0 saturated carbocycles. The van der Waals surface area contributed by atoms with E-state index in [0.29, 0.717) is 5.96 Å². The van der Waals surface area contributed by atoms with Crippen molar-refractivity contribution in [3.05, 3.63) is 75.1 Å². The lowest BCUT2D eigenvalue weighted by Gasteiger charge is -2.18. The minimum Gasteiger partial charge on any atom is -0.357 e. The molecule has 0 amide bonds. The van der Waals surface area contributed by atoms with Crippen molar-refractivity contribution in [2.75, 3.05) is 5.32 Å². The van der Waals surface area contributed by atoms with Crippen LogP contribution in [-0.2, 0) is 0 Å². The van der Waals surface area contributed by atoms with Gasteiger partial charge in [0.1, 0.15) is 11.0 Å². The third-order valence-electron chi connectivity index (χ3n) is 5.24. The largest absolute Gasteiger partial charge is 0.365 e. The van der Waals surface area contributed by atoms with Crippen molar-refractivity contribution in [3.63, 3.8) is 0 Å². The molecule has 1 atom stereocenters. The molecule has 28 heavy (non-hydrogen) atoms. The summed E-state index contributed by atoms with van der Waals surface area (Å²) in [5.41, 5.74) is 12.9. The van der Waals surface area contributed by atoms with Gasteiger partial charge in [-0.1, -0.05) is 12.1 Å². The van der Waals surface area contributed by atoms with Crippen molar-refractivity contribution >= 4 is 45.5 Å². The number of anilines is 1. The first-order chi connectivity index (χ1) is 13.5. The molecule has 4 N–H and O–H groups in total. The number of fused-ring (bicyclic) bond motifs is 3. The molecule has 140 valence electrons. The van der Waals surface area contributed by atoms with Crippen LogP contribution in [0.1, 0.15) is 23.1 Å². The van der Waals surface area contributed by atoms with Crippen molar-refractivity contribution < 1.29 is 4.57 Å². The molecule has 3 heterocycles. The number of nitrogens with zero attached hydrogens (tertiary/aromatic N) is 3. The van der Waals surface area contributed by atoms with Crippen LogP contribution in [0.2, 0.25) is 0 Å². The first-order valence-corrected chi connectivity index (χ1v) is 10.2. The van der Waals surface area contributed by atoms with Gasteiger partial charge in [-0.2, -0.15) is 4.99 Å². The summed E-state index contributed by atoms with van der Waals surface area (Å²) < 4.78 is 5.67. The Labute approximate surface area is 176 Å². The number of nitrogens with one attached hydrogen (secondary N) is 2. The number of halogens is 1. The number of aliphatic imine (C=N–C) groups is 1. The van der Waals surface area contributed by atoms with Gasteiger partial charge in [-0.15, -0.1) is 0 Å². The first kappa shape index (κ1) is 17.3. The average Bonchev–Trinajstić information content (AvgIpc) is 3.19. The van der Waals surface area contributed by atoms with Crippen LogP contribution in [0.4, 0.5) is 5.95 Å². The number of imidazole rings is 1. The molecular weight excluding hydrogens is 463 g/mol. The van der Waals surface area contributed by atoms with Crippen molar-refractivity contribution in [2.45, 2.75) is 20.0 Å². The zero-order valence-electron chi connectivity index (χ0n) is 15.6. The van der Waals surface area contributed by atoms with Crippen LogP contribution in [0.15, 0.2) is 59.6 Å². The lowest BCUT2D eigenvalue weighted by molar-refractivity contribution is -0.674. The quantitative estimate of drug-likeness (QED) is 0.300. The summed E-state index contributed by atoms with van der Waals surface area (Å²) in [5, 5.41) is 3.16. The average molecular weight is 483 g/mol. The molecule has 4 aromatic rings. The van der Waals surface area contributed by atoms with Crippen molar-refractivity contribution in [2.24, 2.45) is 10.7 Å². The maximum Gasteiger partial charge on any atom is 0.365 e. The second-order valence-electron chi connectivity index (χ2n) is 7.01. The molecule has 5 rings (SSSR count). The molecule has 1 aliphatic rings. The molecule has 7 heteroatoms. The van der Waals surface area contributed by atoms with Gasteiger partial charge in [-0.05, 0) is 78.9 Å². The van der Waals surface area contributed by atoms with Gasteiger partial charge in [0, 0.05) is 26.2 Å². The van der Waals surface area contributed by atoms with Crippen molar-refractivity contribution in [1.29, 1.82) is 0 Å². The molecular formula is C21H20IN6+. The van der Waals surface area contributed by atoms with Crippen LogP contribution < -0.4 is 15.6 Å². The highest BCUT2D eigenvalue weighted by atomic mass is 127. The number of rotatable bonds is 2. The number of para-hydroxylation sites is 2. The molecule has 2 aromatic carbocycles. The van der Waals surface area contributed by atoms with Crippen LogP contribution >= 0.6 is 22.6 Å². The van der Waals surface area contributed by atoms with Gasteiger partial charge in [-0.3, -0.25) is 0 Å². The van der Waals surface area contributed by atoms with E-state index in [1.54, 1.807) is 0 Å². The zero-order valence-corrected chi connectivity index (χ0v) is 17.7. The van der Waals surface area contributed by atoms with E-state index in [1.165, 1.54) is 9.26 Å². The predicted octanol–water partition coefficient (Wildman–Crippen LogP) is 3.75. The Morgan fingerprint density at radius 1 is 1.11 bits per heavy atom. The van der Waals surface area contributed by atoms with E-state index in [9.17, 15) is 0 Å². The summed E-state index contributed by atoms with van der Waals surface area (Å²) in [4.78, 5) is 8.16. The number of nitrogens with two attached hydrogens (primary N) is 1. The number of benzene rings is 2. The minimum atomic E-state index is -0.226. The molecule has 1 aliphatic heterocycles. The van der Waals surface area contributed by atoms with Crippen LogP contribution in [-0.4, -0.2) is 15.5 Å². The highest BCUT2D eigenvalue weighted by Crippen LogP contribution is 2.30. The Morgan fingerprint density at radius 2 is 1.86 bits per heavy atom. The number of hydrogen-bond acceptors (Lipinski definition) is 3. The fourth-order valence-electron chi connectivity index (χ4n) is 4.03. The molecule has 2 aromatic heterocycles. The molecule has 6 nitrogen and oxygen atoms in total. The molecule has 0 radical (unpaired) electrons. The summed E-state index contributed by atoms with van der Waals surface area (Å²) in [6, 6.07) is 19.0. The number of H-pyrrole nitrogens is 1. The van der Waals surface area contributed by atoms with Crippen LogP contribution in [0.25, 0.3) is 16.7 Å². The van der Waals surface area contributed by atoms with E-state index in [2.05, 4.69) is 98.3 Å². The lowest BCUT2D eigenvalue weighted by atomic mass is 10.1. The maximum absolute atomic E-state index is 6.12. The third-order valence-corrected chi connectivity index (χ3v) is 5.96. The zero-order chi connectivity index (χ0) is 19.4. The van der Waals surface area contributed by atoms with Crippen molar-refractivity contribution in [3.8, 4) is 5.69 Å². The van der Waals surface area contributed by atoms with E-state index >= 15 is 0 Å². The van der Waals surface area contributed by atoms with E-state index in [0.717, 1.165) is 33.9 Å². The topological polar surface area (TPSA) is 75.0 Å². The SMILES string of the molecule is Cc1cc([C@H]2N=C(N)Nc3[nH]c4ccccc4[n+]32)c(C)n1-c1ccc(I)cc1. The van der Waals surface area contributed by atoms with E-state index in [1.807, 2.05) is 12.1 Å². The molecule has 0 fully saturated rings. The van der Waals surface area contributed by atoms with Gasteiger partial charge in [0.2, 0.25) is 6.17 Å². The summed E-state index contributed by atoms with van der Waals surface area (Å²) in [7, 11) is 0. The summed E-state index contributed by atoms with van der Waals surface area (Å²) in [6.45, 7) is 4.27. The Balaban J connectivity index is 1.71. The Hall–Kier alpha value is -2.81. The predicted molar refractivity (Wildman–Crippen MR) is 120 cm³/mol. The fourth-order valence-corrected chi connectivity index (χ4v) is 4.39. The standard InChI is InChI=1S/C21H19IN6/c1-12-11-16(13(2)27(12)15-9-7-14(22)8-10-15)19-25-20(23)26-21-24-17-5-3-4-6-18(17)28(19)21/h3-11,19H,1-2H3,(H3,23,24,25,26)/p+1/t19-/m0/s1. The summed E-state index contributed by atoms with van der Waals surface area (Å²) >= 11 is 2.33.